The molecule has 0 amide bonds. The first kappa shape index (κ1) is 9.11. The van der Waals surface area contributed by atoms with Crippen LogP contribution in [0.4, 0.5) is 0 Å². The van der Waals surface area contributed by atoms with E-state index in [1.807, 2.05) is 0 Å². The monoisotopic (exact) mass is 182 g/mol. The number of hydrogen-bond donors (Lipinski definition) is 2. The van der Waals surface area contributed by atoms with E-state index in [0.717, 1.165) is 6.20 Å². The molecule has 0 aromatic carbocycles. The van der Waals surface area contributed by atoms with Crippen LogP contribution in [0.3, 0.4) is 0 Å². The van der Waals surface area contributed by atoms with Gasteiger partial charge >= 0.3 is 11.9 Å². The number of aliphatic carboxylic acids is 2. The molecule has 0 unspecified atom stereocenters. The Morgan fingerprint density at radius 2 is 2.00 bits per heavy atom. The van der Waals surface area contributed by atoms with Gasteiger partial charge in [-0.1, -0.05) is 0 Å². The van der Waals surface area contributed by atoms with Gasteiger partial charge in [-0.25, -0.2) is 9.59 Å². The van der Waals surface area contributed by atoms with Crippen LogP contribution in [-0.2, 0) is 9.59 Å². The van der Waals surface area contributed by atoms with Crippen molar-refractivity contribution >= 4 is 23.9 Å². The lowest BCUT2D eigenvalue weighted by Gasteiger charge is -1.89. The molecule has 0 spiro atoms. The van der Waals surface area contributed by atoms with Crippen LogP contribution in [0.1, 0.15) is 6.42 Å². The van der Waals surface area contributed by atoms with Gasteiger partial charge in [0.25, 0.3) is 0 Å². The standard InChI is InChI=1S/C7H6N2O4/c10-6(11)4-1-2-8-5(3-9-4)7(12)13/h2-3H,1H2,(H,10,11)(H,12,13). The predicted octanol–water partition coefficient (Wildman–Crippen LogP) is -0.0875. The second kappa shape index (κ2) is 3.61. The van der Waals surface area contributed by atoms with E-state index < -0.39 is 11.9 Å². The van der Waals surface area contributed by atoms with Crippen molar-refractivity contribution in [2.24, 2.45) is 9.98 Å². The Labute approximate surface area is 72.9 Å². The number of carbonyl (C=O) groups is 2. The van der Waals surface area contributed by atoms with Crippen molar-refractivity contribution in [3.05, 3.63) is 11.9 Å². The summed E-state index contributed by atoms with van der Waals surface area (Å²) in [6.07, 6.45) is 2.16. The van der Waals surface area contributed by atoms with Crippen LogP contribution in [0.25, 0.3) is 0 Å². The van der Waals surface area contributed by atoms with Crippen molar-refractivity contribution in [3.8, 4) is 0 Å². The fraction of sp³-hybridized carbons (Fsp3) is 0.143. The molecule has 0 saturated heterocycles. The van der Waals surface area contributed by atoms with Gasteiger partial charge in [0.05, 0.1) is 6.20 Å². The average Bonchev–Trinajstić information content (AvgIpc) is 2.27. The maximum Gasteiger partial charge on any atom is 0.356 e. The fourth-order valence-electron chi connectivity index (χ4n) is 0.709. The second-order valence-corrected chi connectivity index (χ2v) is 2.22. The second-order valence-electron chi connectivity index (χ2n) is 2.22. The summed E-state index contributed by atoms with van der Waals surface area (Å²) in [4.78, 5) is 27.8. The Balaban J connectivity index is 2.95. The molecule has 1 aliphatic heterocycles. The van der Waals surface area contributed by atoms with E-state index in [4.69, 9.17) is 10.2 Å². The van der Waals surface area contributed by atoms with Crippen molar-refractivity contribution in [3.63, 3.8) is 0 Å². The molecule has 1 heterocycles. The lowest BCUT2D eigenvalue weighted by Crippen LogP contribution is -2.12. The highest BCUT2D eigenvalue weighted by atomic mass is 16.4. The minimum atomic E-state index is -1.23. The maximum absolute atomic E-state index is 10.4. The van der Waals surface area contributed by atoms with Crippen molar-refractivity contribution in [2.75, 3.05) is 0 Å². The largest absolute Gasteiger partial charge is 0.477 e. The van der Waals surface area contributed by atoms with E-state index >= 15 is 0 Å². The first-order valence-corrected chi connectivity index (χ1v) is 3.37. The zero-order chi connectivity index (χ0) is 9.84. The molecule has 13 heavy (non-hydrogen) atoms. The smallest absolute Gasteiger partial charge is 0.356 e. The quantitative estimate of drug-likeness (QED) is 0.623. The van der Waals surface area contributed by atoms with Crippen LogP contribution in [0.15, 0.2) is 21.9 Å². The Morgan fingerprint density at radius 3 is 2.54 bits per heavy atom. The van der Waals surface area contributed by atoms with Crippen molar-refractivity contribution in [1.82, 2.24) is 0 Å². The molecular weight excluding hydrogens is 176 g/mol. The summed E-state index contributed by atoms with van der Waals surface area (Å²) in [5.74, 6) is -2.40. The van der Waals surface area contributed by atoms with Gasteiger partial charge in [0.1, 0.15) is 5.71 Å². The SMILES string of the molecule is O=C(O)C1=CN=C(C(=O)O)CC=N1. The van der Waals surface area contributed by atoms with E-state index in [9.17, 15) is 9.59 Å². The molecule has 0 radical (unpaired) electrons. The molecule has 68 valence electrons. The summed E-state index contributed by atoms with van der Waals surface area (Å²) >= 11 is 0. The van der Waals surface area contributed by atoms with Gasteiger partial charge in [-0.2, -0.15) is 0 Å². The average molecular weight is 182 g/mol. The highest BCUT2D eigenvalue weighted by Gasteiger charge is 2.11. The van der Waals surface area contributed by atoms with Crippen LogP contribution in [0, 0.1) is 0 Å². The van der Waals surface area contributed by atoms with E-state index in [-0.39, 0.29) is 17.8 Å². The first-order chi connectivity index (χ1) is 6.11. The van der Waals surface area contributed by atoms with Gasteiger partial charge in [0, 0.05) is 12.6 Å². The van der Waals surface area contributed by atoms with Crippen LogP contribution in [0.5, 0.6) is 0 Å². The molecule has 0 aromatic rings. The molecule has 2 N–H and O–H groups in total. The summed E-state index contributed by atoms with van der Waals surface area (Å²) < 4.78 is 0. The number of hydrogen-bond acceptors (Lipinski definition) is 4. The van der Waals surface area contributed by atoms with Crippen LogP contribution in [-0.4, -0.2) is 34.1 Å². The summed E-state index contributed by atoms with van der Waals surface area (Å²) in [6.45, 7) is 0. The molecule has 0 fully saturated rings. The highest BCUT2D eigenvalue weighted by Crippen LogP contribution is 2.02. The topological polar surface area (TPSA) is 99.3 Å². The third-order valence-electron chi connectivity index (χ3n) is 1.32. The van der Waals surface area contributed by atoms with Crippen LogP contribution >= 0.6 is 0 Å². The zero-order valence-electron chi connectivity index (χ0n) is 6.47. The number of aliphatic imine (C=N–C) groups is 2. The molecule has 1 rings (SSSR count). The highest BCUT2D eigenvalue weighted by molar-refractivity contribution is 6.38. The zero-order valence-corrected chi connectivity index (χ0v) is 6.47. The molecule has 6 heteroatoms. The van der Waals surface area contributed by atoms with Gasteiger partial charge < -0.3 is 10.2 Å². The molecule has 6 nitrogen and oxygen atoms in total. The van der Waals surface area contributed by atoms with Crippen LogP contribution in [0.2, 0.25) is 0 Å². The summed E-state index contributed by atoms with van der Waals surface area (Å²) in [7, 11) is 0. The number of nitrogens with zero attached hydrogens (tertiary/aromatic N) is 2. The van der Waals surface area contributed by atoms with Gasteiger partial charge in [-0.3, -0.25) is 9.98 Å². The Kier molecular flexibility index (Phi) is 2.53. The van der Waals surface area contributed by atoms with Gasteiger partial charge in [-0.15, -0.1) is 0 Å². The van der Waals surface area contributed by atoms with Crippen molar-refractivity contribution in [2.45, 2.75) is 6.42 Å². The lowest BCUT2D eigenvalue weighted by atomic mass is 10.3. The summed E-state index contributed by atoms with van der Waals surface area (Å²) in [5, 5.41) is 17.0. The molecule has 1 aliphatic rings. The molecule has 0 saturated carbocycles. The number of rotatable bonds is 2. The normalized spacial score (nSPS) is 15.7. The molecular formula is C7H6N2O4. The Morgan fingerprint density at radius 1 is 1.31 bits per heavy atom. The molecule has 0 aromatic heterocycles. The fourth-order valence-corrected chi connectivity index (χ4v) is 0.709. The minimum absolute atomic E-state index is 0.0304. The van der Waals surface area contributed by atoms with Gasteiger partial charge in [0.2, 0.25) is 0 Å². The van der Waals surface area contributed by atoms with Crippen molar-refractivity contribution in [1.29, 1.82) is 0 Å². The first-order valence-electron chi connectivity index (χ1n) is 3.37. The number of carboxylic acid groups (broad SMARTS) is 2. The van der Waals surface area contributed by atoms with E-state index in [2.05, 4.69) is 9.98 Å². The summed E-state index contributed by atoms with van der Waals surface area (Å²) in [5.41, 5.74) is -0.392. The van der Waals surface area contributed by atoms with E-state index in [1.54, 1.807) is 0 Å². The summed E-state index contributed by atoms with van der Waals surface area (Å²) in [6, 6.07) is 0. The third-order valence-corrected chi connectivity index (χ3v) is 1.32. The predicted molar refractivity (Wildman–Crippen MR) is 43.9 cm³/mol. The third kappa shape index (κ3) is 2.22. The van der Waals surface area contributed by atoms with Crippen molar-refractivity contribution < 1.29 is 19.8 Å². The minimum Gasteiger partial charge on any atom is -0.477 e. The molecule has 0 aliphatic carbocycles. The van der Waals surface area contributed by atoms with Gasteiger partial charge in [-0.05, 0) is 0 Å². The Hall–Kier alpha value is -1.98. The van der Waals surface area contributed by atoms with Crippen LogP contribution < -0.4 is 0 Å². The van der Waals surface area contributed by atoms with E-state index in [1.165, 1.54) is 6.21 Å². The van der Waals surface area contributed by atoms with Gasteiger partial charge in [0.15, 0.2) is 5.70 Å². The van der Waals surface area contributed by atoms with E-state index in [0.29, 0.717) is 0 Å². The number of carboxylic acids is 2. The Bertz CT molecular complexity index is 340. The lowest BCUT2D eigenvalue weighted by molar-refractivity contribution is -0.133. The molecule has 0 atom stereocenters. The molecule has 0 bridgehead atoms. The maximum atomic E-state index is 10.4.